The molecule has 1 fully saturated rings. The van der Waals surface area contributed by atoms with Gasteiger partial charge in [-0.1, -0.05) is 6.07 Å². The molecule has 2 heterocycles. The Labute approximate surface area is 97.8 Å². The van der Waals surface area contributed by atoms with Crippen LogP contribution in [0.15, 0.2) is 30.5 Å². The van der Waals surface area contributed by atoms with Gasteiger partial charge in [-0.15, -0.1) is 0 Å². The van der Waals surface area contributed by atoms with Gasteiger partial charge in [-0.2, -0.15) is 0 Å². The molecule has 1 unspecified atom stereocenters. The van der Waals surface area contributed by atoms with Crippen LogP contribution in [-0.2, 0) is 4.74 Å². The normalized spacial score (nSPS) is 19.9. The second-order valence-corrected chi connectivity index (χ2v) is 4.21. The molecule has 5 heteroatoms. The Kier molecular flexibility index (Phi) is 2.33. The number of ether oxygens (including phenoxy) is 1. The van der Waals surface area contributed by atoms with E-state index in [9.17, 15) is 10.1 Å². The predicted octanol–water partition coefficient (Wildman–Crippen LogP) is 2.51. The van der Waals surface area contributed by atoms with Crippen molar-refractivity contribution in [3.63, 3.8) is 0 Å². The zero-order valence-electron chi connectivity index (χ0n) is 9.20. The van der Waals surface area contributed by atoms with E-state index in [2.05, 4.69) is 4.57 Å². The molecule has 0 N–H and O–H groups in total. The van der Waals surface area contributed by atoms with E-state index in [1.807, 2.05) is 18.3 Å². The smallest absolute Gasteiger partial charge is 0.278 e. The quantitative estimate of drug-likeness (QED) is 0.590. The van der Waals surface area contributed by atoms with Crippen LogP contribution in [0, 0.1) is 10.1 Å². The maximum Gasteiger partial charge on any atom is 0.278 e. The Balaban J connectivity index is 2.15. The van der Waals surface area contributed by atoms with E-state index in [-0.39, 0.29) is 10.6 Å². The Morgan fingerprint density at radius 3 is 3.00 bits per heavy atom. The van der Waals surface area contributed by atoms with E-state index >= 15 is 0 Å². The van der Waals surface area contributed by atoms with Crippen LogP contribution in [0.2, 0.25) is 0 Å². The lowest BCUT2D eigenvalue weighted by Gasteiger charge is -2.11. The van der Waals surface area contributed by atoms with Crippen LogP contribution in [-0.4, -0.2) is 22.7 Å². The van der Waals surface area contributed by atoms with Crippen molar-refractivity contribution in [2.24, 2.45) is 0 Å². The fraction of sp³-hybridized carbons (Fsp3) is 0.333. The summed E-state index contributed by atoms with van der Waals surface area (Å²) < 4.78 is 7.43. The number of rotatable bonds is 2. The fourth-order valence-electron chi connectivity index (χ4n) is 2.39. The molecule has 1 aliphatic rings. The molecule has 0 spiro atoms. The highest BCUT2D eigenvalue weighted by Crippen LogP contribution is 2.30. The van der Waals surface area contributed by atoms with Crippen molar-refractivity contribution in [1.82, 2.24) is 4.57 Å². The molecular weight excluding hydrogens is 220 g/mol. The molecule has 0 radical (unpaired) electrons. The van der Waals surface area contributed by atoms with Crippen LogP contribution in [0.4, 0.5) is 5.69 Å². The number of hydrogen-bond acceptors (Lipinski definition) is 3. The zero-order chi connectivity index (χ0) is 11.8. The Hall–Kier alpha value is -1.88. The van der Waals surface area contributed by atoms with Gasteiger partial charge in [0.25, 0.3) is 5.69 Å². The molecule has 1 saturated heterocycles. The number of benzene rings is 1. The largest absolute Gasteiger partial charge is 0.379 e. The number of non-ortho nitro benzene ring substituents is 1. The first-order valence-corrected chi connectivity index (χ1v) is 5.59. The summed E-state index contributed by atoms with van der Waals surface area (Å²) in [7, 11) is 0. The number of nitrogens with zero attached hydrogens (tertiary/aromatic N) is 2. The molecule has 2 aromatic rings. The molecule has 1 atom stereocenters. The highest BCUT2D eigenvalue weighted by molar-refractivity contribution is 5.89. The van der Waals surface area contributed by atoms with Crippen molar-refractivity contribution in [3.05, 3.63) is 40.6 Å². The molecular formula is C12H12N2O3. The topological polar surface area (TPSA) is 57.3 Å². The van der Waals surface area contributed by atoms with Crippen molar-refractivity contribution in [3.8, 4) is 0 Å². The van der Waals surface area contributed by atoms with Gasteiger partial charge in [0.1, 0.15) is 0 Å². The van der Waals surface area contributed by atoms with Crippen molar-refractivity contribution >= 4 is 16.6 Å². The highest BCUT2D eigenvalue weighted by atomic mass is 16.6. The lowest BCUT2D eigenvalue weighted by molar-refractivity contribution is -0.383. The van der Waals surface area contributed by atoms with Crippen molar-refractivity contribution in [1.29, 1.82) is 0 Å². The van der Waals surface area contributed by atoms with Gasteiger partial charge in [-0.05, 0) is 18.6 Å². The first-order valence-electron chi connectivity index (χ1n) is 5.59. The lowest BCUT2D eigenvalue weighted by Crippen LogP contribution is -2.06. The predicted molar refractivity (Wildman–Crippen MR) is 63.1 cm³/mol. The third-order valence-corrected chi connectivity index (χ3v) is 3.24. The van der Waals surface area contributed by atoms with E-state index in [0.717, 1.165) is 18.5 Å². The summed E-state index contributed by atoms with van der Waals surface area (Å²) in [5.41, 5.74) is 1.08. The average molecular weight is 232 g/mol. The first-order chi connectivity index (χ1) is 8.27. The van der Waals surface area contributed by atoms with Gasteiger partial charge in [-0.3, -0.25) is 10.1 Å². The van der Waals surface area contributed by atoms with E-state index in [1.165, 1.54) is 6.07 Å². The summed E-state index contributed by atoms with van der Waals surface area (Å²) >= 11 is 0. The molecule has 0 bridgehead atoms. The Morgan fingerprint density at radius 1 is 1.41 bits per heavy atom. The molecule has 1 aromatic carbocycles. The van der Waals surface area contributed by atoms with Gasteiger partial charge in [0.15, 0.2) is 0 Å². The minimum atomic E-state index is -0.335. The zero-order valence-corrected chi connectivity index (χ0v) is 9.20. The van der Waals surface area contributed by atoms with Crippen LogP contribution >= 0.6 is 0 Å². The molecule has 5 nitrogen and oxygen atoms in total. The number of aromatic nitrogens is 1. The van der Waals surface area contributed by atoms with Gasteiger partial charge >= 0.3 is 0 Å². The number of hydrogen-bond donors (Lipinski definition) is 0. The molecule has 17 heavy (non-hydrogen) atoms. The van der Waals surface area contributed by atoms with E-state index in [4.69, 9.17) is 4.74 Å². The average Bonchev–Trinajstić information content (AvgIpc) is 2.96. The number of nitro benzene ring substituents is 1. The summed E-state index contributed by atoms with van der Waals surface area (Å²) in [5.74, 6) is 0. The summed E-state index contributed by atoms with van der Waals surface area (Å²) in [4.78, 5) is 10.6. The van der Waals surface area contributed by atoms with Gasteiger partial charge in [0, 0.05) is 18.9 Å². The van der Waals surface area contributed by atoms with Gasteiger partial charge in [0.2, 0.25) is 0 Å². The molecule has 3 rings (SSSR count). The van der Waals surface area contributed by atoms with Crippen LogP contribution in [0.3, 0.4) is 0 Å². The first kappa shape index (κ1) is 10.3. The molecule has 0 amide bonds. The number of fused-ring (bicyclic) bond motifs is 1. The monoisotopic (exact) mass is 232 g/mol. The van der Waals surface area contributed by atoms with Crippen molar-refractivity contribution in [2.45, 2.75) is 12.5 Å². The summed E-state index contributed by atoms with van der Waals surface area (Å²) in [6.45, 7) is 1.45. The minimum Gasteiger partial charge on any atom is -0.379 e. The summed E-state index contributed by atoms with van der Waals surface area (Å²) in [5, 5.41) is 11.6. The molecule has 0 aliphatic carbocycles. The van der Waals surface area contributed by atoms with E-state index in [1.54, 1.807) is 6.07 Å². The van der Waals surface area contributed by atoms with Crippen molar-refractivity contribution < 1.29 is 9.66 Å². The van der Waals surface area contributed by atoms with Crippen LogP contribution in [0.5, 0.6) is 0 Å². The standard InChI is InChI=1S/C12H12N2O3/c15-14(16)12-3-1-2-11-10(12)4-6-13(11)9-5-7-17-8-9/h1-4,6,9H,5,7-8H2. The maximum atomic E-state index is 10.9. The van der Waals surface area contributed by atoms with Gasteiger partial charge in [0.05, 0.1) is 28.5 Å². The van der Waals surface area contributed by atoms with E-state index in [0.29, 0.717) is 18.0 Å². The highest BCUT2D eigenvalue weighted by Gasteiger charge is 2.21. The van der Waals surface area contributed by atoms with Crippen LogP contribution in [0.25, 0.3) is 10.9 Å². The Morgan fingerprint density at radius 2 is 2.29 bits per heavy atom. The fourth-order valence-corrected chi connectivity index (χ4v) is 2.39. The molecule has 1 aromatic heterocycles. The van der Waals surface area contributed by atoms with Gasteiger partial charge < -0.3 is 9.30 Å². The third-order valence-electron chi connectivity index (χ3n) is 3.24. The number of nitro groups is 1. The molecule has 88 valence electrons. The van der Waals surface area contributed by atoms with Crippen LogP contribution < -0.4 is 0 Å². The lowest BCUT2D eigenvalue weighted by atomic mass is 10.2. The molecule has 1 aliphatic heterocycles. The Bertz CT molecular complexity index is 570. The summed E-state index contributed by atoms with van der Waals surface area (Å²) in [6.07, 6.45) is 2.88. The summed E-state index contributed by atoms with van der Waals surface area (Å²) in [6, 6.07) is 7.30. The van der Waals surface area contributed by atoms with Gasteiger partial charge in [-0.25, -0.2) is 0 Å². The van der Waals surface area contributed by atoms with E-state index < -0.39 is 0 Å². The molecule has 0 saturated carbocycles. The maximum absolute atomic E-state index is 10.9. The second kappa shape index (κ2) is 3.85. The van der Waals surface area contributed by atoms with Crippen LogP contribution in [0.1, 0.15) is 12.5 Å². The SMILES string of the molecule is O=[N+]([O-])c1cccc2c1ccn2C1CCOC1. The minimum absolute atomic E-state index is 0.167. The second-order valence-electron chi connectivity index (χ2n) is 4.21. The third kappa shape index (κ3) is 1.59. The van der Waals surface area contributed by atoms with Crippen molar-refractivity contribution in [2.75, 3.05) is 13.2 Å².